The van der Waals surface area contributed by atoms with E-state index in [1.165, 1.54) is 6.33 Å². The van der Waals surface area contributed by atoms with Crippen LogP contribution in [0.1, 0.15) is 17.8 Å². The molecule has 3 heterocycles. The Morgan fingerprint density at radius 3 is 2.50 bits per heavy atom. The summed E-state index contributed by atoms with van der Waals surface area (Å²) in [6.07, 6.45) is 1.58. The van der Waals surface area contributed by atoms with Gasteiger partial charge in [0.05, 0.1) is 11.6 Å². The fraction of sp³-hybridized carbons (Fsp3) is 0.192. The van der Waals surface area contributed by atoms with Gasteiger partial charge in [-0.05, 0) is 68.4 Å². The van der Waals surface area contributed by atoms with Crippen molar-refractivity contribution in [3.8, 4) is 17.4 Å². The van der Waals surface area contributed by atoms with Crippen LogP contribution in [-0.4, -0.2) is 38.1 Å². The summed E-state index contributed by atoms with van der Waals surface area (Å²) in [6.45, 7) is 4.19. The maximum atomic E-state index is 12.8. The van der Waals surface area contributed by atoms with Gasteiger partial charge in [-0.3, -0.25) is 9.59 Å². The van der Waals surface area contributed by atoms with Crippen molar-refractivity contribution in [2.45, 2.75) is 20.3 Å². The fourth-order valence-electron chi connectivity index (χ4n) is 4.09. The van der Waals surface area contributed by atoms with Crippen molar-refractivity contribution in [1.29, 1.82) is 0 Å². The quantitative estimate of drug-likeness (QED) is 0.409. The number of carbonyl (C=O) groups is 2. The lowest BCUT2D eigenvalue weighted by Gasteiger charge is -2.17. The number of rotatable bonds is 6. The summed E-state index contributed by atoms with van der Waals surface area (Å²) in [7, 11) is 0. The van der Waals surface area contributed by atoms with Gasteiger partial charge in [-0.15, -0.1) is 0 Å². The highest BCUT2D eigenvalue weighted by Gasteiger charge is 2.35. The topological polar surface area (TPSA) is 102 Å². The number of hydrogen-bond donors (Lipinski definition) is 1. The van der Waals surface area contributed by atoms with Crippen LogP contribution in [0.3, 0.4) is 0 Å². The second-order valence-corrected chi connectivity index (χ2v) is 8.99. The van der Waals surface area contributed by atoms with Crippen LogP contribution in [0.25, 0.3) is 5.82 Å². The molecule has 4 aromatic rings. The van der Waals surface area contributed by atoms with E-state index in [-0.39, 0.29) is 18.2 Å². The minimum atomic E-state index is -0.446. The van der Waals surface area contributed by atoms with Gasteiger partial charge in [-0.1, -0.05) is 11.6 Å². The van der Waals surface area contributed by atoms with Crippen LogP contribution in [-0.2, 0) is 9.59 Å². The lowest BCUT2D eigenvalue weighted by atomic mass is 10.1. The minimum Gasteiger partial charge on any atom is -0.439 e. The molecule has 0 saturated carbocycles. The minimum absolute atomic E-state index is 0.0918. The van der Waals surface area contributed by atoms with Crippen LogP contribution in [0.2, 0.25) is 5.02 Å². The summed E-state index contributed by atoms with van der Waals surface area (Å²) in [5.41, 5.74) is 3.19. The zero-order chi connectivity index (χ0) is 25.2. The molecule has 1 saturated heterocycles. The van der Waals surface area contributed by atoms with Crippen LogP contribution in [0, 0.1) is 19.8 Å². The average Bonchev–Trinajstić information content (AvgIpc) is 3.42. The maximum Gasteiger partial charge on any atom is 0.229 e. The third-order valence-electron chi connectivity index (χ3n) is 5.83. The van der Waals surface area contributed by atoms with Gasteiger partial charge in [0.2, 0.25) is 17.7 Å². The second kappa shape index (κ2) is 9.79. The van der Waals surface area contributed by atoms with Crippen molar-refractivity contribution in [2.75, 3.05) is 16.8 Å². The molecule has 0 aliphatic carbocycles. The van der Waals surface area contributed by atoms with E-state index in [0.29, 0.717) is 34.7 Å². The van der Waals surface area contributed by atoms with Gasteiger partial charge >= 0.3 is 0 Å². The second-order valence-electron chi connectivity index (χ2n) is 8.55. The normalized spacial score (nSPS) is 15.2. The first-order chi connectivity index (χ1) is 17.4. The lowest BCUT2D eigenvalue weighted by Crippen LogP contribution is -2.28. The van der Waals surface area contributed by atoms with Crippen molar-refractivity contribution in [2.24, 2.45) is 5.92 Å². The van der Waals surface area contributed by atoms with Gasteiger partial charge in [0.15, 0.2) is 5.82 Å². The van der Waals surface area contributed by atoms with E-state index >= 15 is 0 Å². The molecule has 2 aromatic heterocycles. The maximum absolute atomic E-state index is 12.8. The van der Waals surface area contributed by atoms with Crippen molar-refractivity contribution < 1.29 is 14.3 Å². The van der Waals surface area contributed by atoms with Crippen LogP contribution in [0.4, 0.5) is 11.4 Å². The van der Waals surface area contributed by atoms with Gasteiger partial charge in [0.1, 0.15) is 12.1 Å². The molecule has 0 radical (unpaired) electrons. The Balaban J connectivity index is 1.21. The molecule has 2 aromatic carbocycles. The highest BCUT2D eigenvalue weighted by atomic mass is 35.5. The number of aromatic nitrogens is 4. The van der Waals surface area contributed by atoms with E-state index in [1.807, 2.05) is 19.9 Å². The summed E-state index contributed by atoms with van der Waals surface area (Å²) in [4.78, 5) is 35.3. The lowest BCUT2D eigenvalue weighted by molar-refractivity contribution is -0.122. The molecule has 0 spiro atoms. The standard InChI is InChI=1S/C26H23ClN6O3/c1-16-11-17(2)33(31-16)23-13-24(29-15-28-23)36-22-9-5-20(6-10-22)30-26(35)18-12-25(34)32(14-18)21-7-3-19(27)4-8-21/h3-11,13,15,18H,12,14H2,1-2H3,(H,30,35). The fourth-order valence-corrected chi connectivity index (χ4v) is 4.21. The summed E-state index contributed by atoms with van der Waals surface area (Å²) in [6, 6.07) is 17.6. The monoisotopic (exact) mass is 502 g/mol. The molecule has 182 valence electrons. The number of hydrogen-bond acceptors (Lipinski definition) is 6. The largest absolute Gasteiger partial charge is 0.439 e. The Morgan fingerprint density at radius 1 is 1.06 bits per heavy atom. The number of benzene rings is 2. The molecule has 5 rings (SSSR count). The Morgan fingerprint density at radius 2 is 1.81 bits per heavy atom. The number of nitrogens with zero attached hydrogens (tertiary/aromatic N) is 5. The first-order valence-electron chi connectivity index (χ1n) is 11.4. The molecule has 36 heavy (non-hydrogen) atoms. The molecule has 10 heteroatoms. The molecule has 1 fully saturated rings. The summed E-state index contributed by atoms with van der Waals surface area (Å²) >= 11 is 5.93. The van der Waals surface area contributed by atoms with E-state index in [1.54, 1.807) is 64.2 Å². The van der Waals surface area contributed by atoms with Crippen molar-refractivity contribution in [1.82, 2.24) is 19.7 Å². The Kier molecular flexibility index (Phi) is 6.39. The van der Waals surface area contributed by atoms with E-state index in [9.17, 15) is 9.59 Å². The third-order valence-corrected chi connectivity index (χ3v) is 6.08. The van der Waals surface area contributed by atoms with E-state index in [0.717, 1.165) is 17.1 Å². The molecule has 1 aliphatic rings. The number of aryl methyl sites for hydroxylation is 2. The molecule has 2 amide bonds. The Labute approximate surface area is 212 Å². The van der Waals surface area contributed by atoms with Crippen molar-refractivity contribution in [3.05, 3.63) is 83.4 Å². The summed E-state index contributed by atoms with van der Waals surface area (Å²) in [5, 5.41) is 7.91. The number of carbonyl (C=O) groups excluding carboxylic acids is 2. The average molecular weight is 503 g/mol. The van der Waals surface area contributed by atoms with E-state index < -0.39 is 5.92 Å². The number of anilines is 2. The van der Waals surface area contributed by atoms with Gasteiger partial charge in [0.25, 0.3) is 0 Å². The summed E-state index contributed by atoms with van der Waals surface area (Å²) < 4.78 is 7.59. The predicted octanol–water partition coefficient (Wildman–Crippen LogP) is 4.72. The van der Waals surface area contributed by atoms with Gasteiger partial charge < -0.3 is 15.0 Å². The predicted molar refractivity (Wildman–Crippen MR) is 136 cm³/mol. The van der Waals surface area contributed by atoms with Crippen LogP contribution >= 0.6 is 11.6 Å². The molecular weight excluding hydrogens is 480 g/mol. The van der Waals surface area contributed by atoms with Crippen molar-refractivity contribution >= 4 is 34.8 Å². The number of halogens is 1. The molecule has 1 atom stereocenters. The smallest absolute Gasteiger partial charge is 0.229 e. The van der Waals surface area contributed by atoms with Crippen LogP contribution in [0.15, 0.2) is 67.0 Å². The van der Waals surface area contributed by atoms with Gasteiger partial charge in [-0.25, -0.2) is 14.6 Å². The molecular formula is C26H23ClN6O3. The number of ether oxygens (including phenoxy) is 1. The van der Waals surface area contributed by atoms with Crippen molar-refractivity contribution in [3.63, 3.8) is 0 Å². The Bertz CT molecular complexity index is 1420. The van der Waals surface area contributed by atoms with Crippen LogP contribution in [0.5, 0.6) is 11.6 Å². The highest BCUT2D eigenvalue weighted by Crippen LogP contribution is 2.28. The first-order valence-corrected chi connectivity index (χ1v) is 11.7. The SMILES string of the molecule is Cc1cc(C)n(-c2cc(Oc3ccc(NC(=O)C4CC(=O)N(c5ccc(Cl)cc5)C4)cc3)ncn2)n1. The third kappa shape index (κ3) is 5.06. The van der Waals surface area contributed by atoms with E-state index in [2.05, 4.69) is 20.4 Å². The molecule has 9 nitrogen and oxygen atoms in total. The Hall–Kier alpha value is -4.24. The number of amides is 2. The molecule has 0 bridgehead atoms. The van der Waals surface area contributed by atoms with Crippen LogP contribution < -0.4 is 15.0 Å². The first kappa shape index (κ1) is 23.5. The van der Waals surface area contributed by atoms with Gasteiger partial charge in [-0.2, -0.15) is 5.10 Å². The molecule has 1 aliphatic heterocycles. The zero-order valence-electron chi connectivity index (χ0n) is 19.7. The van der Waals surface area contributed by atoms with E-state index in [4.69, 9.17) is 16.3 Å². The highest BCUT2D eigenvalue weighted by molar-refractivity contribution is 6.30. The molecule has 1 unspecified atom stereocenters. The molecule has 1 N–H and O–H groups in total. The summed E-state index contributed by atoms with van der Waals surface area (Å²) in [5.74, 6) is 0.781. The van der Waals surface area contributed by atoms with Gasteiger partial charge in [0, 0.05) is 41.1 Å². The zero-order valence-corrected chi connectivity index (χ0v) is 20.4. The number of nitrogens with one attached hydrogen (secondary N) is 1.